The van der Waals surface area contributed by atoms with E-state index < -0.39 is 0 Å². The smallest absolute Gasteiger partial charge is 0.332 e. The van der Waals surface area contributed by atoms with E-state index in [1.165, 1.54) is 17.2 Å². The van der Waals surface area contributed by atoms with Crippen LogP contribution in [-0.4, -0.2) is 25.6 Å². The van der Waals surface area contributed by atoms with Crippen LogP contribution in [0, 0.1) is 0 Å². The molecule has 0 unspecified atom stereocenters. The Morgan fingerprint density at radius 3 is 2.61 bits per heavy atom. The molecule has 2 aromatic heterocycles. The number of aromatic nitrogens is 4. The average molecular weight is 313 g/mol. The van der Waals surface area contributed by atoms with Gasteiger partial charge in [-0.25, -0.2) is 9.78 Å². The summed E-state index contributed by atoms with van der Waals surface area (Å²) in [4.78, 5) is 31.3. The fraction of sp³-hybridized carbons (Fsp3) is 0.312. The van der Waals surface area contributed by atoms with Gasteiger partial charge >= 0.3 is 5.69 Å². The molecule has 7 heteroatoms. The highest BCUT2D eigenvalue weighted by molar-refractivity contribution is 5.69. The van der Waals surface area contributed by atoms with E-state index >= 15 is 0 Å². The Balaban J connectivity index is 1.72. The number of hydrogen-bond donors (Lipinski definition) is 2. The number of nitrogens with one attached hydrogen (secondary N) is 2. The lowest BCUT2D eigenvalue weighted by Gasteiger charge is -2.02. The molecule has 2 heterocycles. The topological polar surface area (TPSA) is 84.7 Å². The molecule has 0 spiro atoms. The molecular weight excluding hydrogens is 294 g/mol. The lowest BCUT2D eigenvalue weighted by atomic mass is 10.1. The Morgan fingerprint density at radius 1 is 1.13 bits per heavy atom. The van der Waals surface area contributed by atoms with Gasteiger partial charge in [-0.1, -0.05) is 30.3 Å². The van der Waals surface area contributed by atoms with E-state index in [1.807, 2.05) is 18.2 Å². The first kappa shape index (κ1) is 15.2. The zero-order chi connectivity index (χ0) is 16.4. The van der Waals surface area contributed by atoms with E-state index in [-0.39, 0.29) is 11.2 Å². The number of fused-ring (bicyclic) bond motifs is 1. The van der Waals surface area contributed by atoms with Crippen molar-refractivity contribution < 1.29 is 0 Å². The second kappa shape index (κ2) is 6.21. The first-order valence-electron chi connectivity index (χ1n) is 7.47. The van der Waals surface area contributed by atoms with Gasteiger partial charge in [0.2, 0.25) is 0 Å². The molecule has 3 aromatic rings. The molecule has 23 heavy (non-hydrogen) atoms. The van der Waals surface area contributed by atoms with Crippen molar-refractivity contribution in [3.8, 4) is 0 Å². The van der Waals surface area contributed by atoms with E-state index in [9.17, 15) is 9.59 Å². The average Bonchev–Trinajstić information content (AvgIpc) is 3.00. The molecule has 0 atom stereocenters. The Kier molecular flexibility index (Phi) is 4.12. The van der Waals surface area contributed by atoms with E-state index in [1.54, 1.807) is 7.05 Å². The zero-order valence-corrected chi connectivity index (χ0v) is 13.2. The van der Waals surface area contributed by atoms with Crippen LogP contribution in [0.4, 0.5) is 0 Å². The molecule has 0 aliphatic rings. The Hall–Kier alpha value is -2.67. The molecule has 0 saturated carbocycles. The largest absolute Gasteiger partial charge is 0.335 e. The fourth-order valence-corrected chi connectivity index (χ4v) is 2.54. The lowest BCUT2D eigenvalue weighted by Crippen LogP contribution is -2.36. The third kappa shape index (κ3) is 2.95. The molecule has 3 rings (SSSR count). The minimum atomic E-state index is -0.377. The van der Waals surface area contributed by atoms with E-state index in [0.717, 1.165) is 17.5 Å². The van der Waals surface area contributed by atoms with Crippen molar-refractivity contribution in [3.05, 3.63) is 62.6 Å². The molecule has 120 valence electrons. The highest BCUT2D eigenvalue weighted by atomic mass is 16.2. The van der Waals surface area contributed by atoms with Gasteiger partial charge in [0, 0.05) is 14.1 Å². The molecule has 7 nitrogen and oxygen atoms in total. The summed E-state index contributed by atoms with van der Waals surface area (Å²) in [5, 5.41) is 3.29. The maximum Gasteiger partial charge on any atom is 0.332 e. The van der Waals surface area contributed by atoms with Crippen molar-refractivity contribution >= 4 is 11.2 Å². The summed E-state index contributed by atoms with van der Waals surface area (Å²) in [6.07, 6.45) is 0.918. The standard InChI is InChI=1S/C16H19N5O2/c1-20-14-13(15(22)21(2)16(20)23)18-12(19-14)10-17-9-8-11-6-4-3-5-7-11/h3-7,17H,8-10H2,1-2H3,(H,18,19). The molecule has 0 bridgehead atoms. The van der Waals surface area contributed by atoms with E-state index in [0.29, 0.717) is 23.5 Å². The molecule has 1 aromatic carbocycles. The quantitative estimate of drug-likeness (QED) is 0.663. The van der Waals surface area contributed by atoms with Crippen LogP contribution in [-0.2, 0) is 27.1 Å². The van der Waals surface area contributed by atoms with Gasteiger partial charge in [0.1, 0.15) is 11.3 Å². The van der Waals surface area contributed by atoms with E-state index in [4.69, 9.17) is 0 Å². The van der Waals surface area contributed by atoms with Gasteiger partial charge < -0.3 is 10.3 Å². The lowest BCUT2D eigenvalue weighted by molar-refractivity contribution is 0.665. The molecule has 0 aliphatic heterocycles. The number of imidazole rings is 1. The van der Waals surface area contributed by atoms with Crippen LogP contribution in [0.5, 0.6) is 0 Å². The van der Waals surface area contributed by atoms with Crippen LogP contribution in [0.3, 0.4) is 0 Å². The number of nitrogens with zero attached hydrogens (tertiary/aromatic N) is 3. The Labute approximate surface area is 132 Å². The predicted octanol–water partition coefficient (Wildman–Crippen LogP) is 0.293. The van der Waals surface area contributed by atoms with Crippen molar-refractivity contribution in [1.82, 2.24) is 24.4 Å². The SMILES string of the molecule is Cn1c(=O)c2[nH]c(CNCCc3ccccc3)nc2n(C)c1=O. The van der Waals surface area contributed by atoms with Gasteiger partial charge in [0.05, 0.1) is 6.54 Å². The molecule has 0 aliphatic carbocycles. The normalized spacial score (nSPS) is 11.2. The number of hydrogen-bond acceptors (Lipinski definition) is 4. The summed E-state index contributed by atoms with van der Waals surface area (Å²) in [6.45, 7) is 1.32. The summed E-state index contributed by atoms with van der Waals surface area (Å²) in [6, 6.07) is 10.2. The number of benzene rings is 1. The molecular formula is C16H19N5O2. The van der Waals surface area contributed by atoms with Gasteiger partial charge in [-0.05, 0) is 18.5 Å². The highest BCUT2D eigenvalue weighted by Gasteiger charge is 2.12. The predicted molar refractivity (Wildman–Crippen MR) is 88.4 cm³/mol. The van der Waals surface area contributed by atoms with Crippen molar-refractivity contribution in [1.29, 1.82) is 0 Å². The minimum Gasteiger partial charge on any atom is -0.335 e. The van der Waals surface area contributed by atoms with Crippen LogP contribution in [0.25, 0.3) is 11.2 Å². The maximum absolute atomic E-state index is 12.1. The zero-order valence-electron chi connectivity index (χ0n) is 13.2. The number of aromatic amines is 1. The fourth-order valence-electron chi connectivity index (χ4n) is 2.54. The third-order valence-electron chi connectivity index (χ3n) is 3.87. The monoisotopic (exact) mass is 313 g/mol. The van der Waals surface area contributed by atoms with Crippen molar-refractivity contribution in [2.45, 2.75) is 13.0 Å². The first-order valence-corrected chi connectivity index (χ1v) is 7.47. The number of H-pyrrole nitrogens is 1. The van der Waals surface area contributed by atoms with Gasteiger partial charge in [-0.2, -0.15) is 0 Å². The Bertz CT molecular complexity index is 937. The molecule has 2 N–H and O–H groups in total. The third-order valence-corrected chi connectivity index (χ3v) is 3.87. The van der Waals surface area contributed by atoms with Gasteiger partial charge in [0.15, 0.2) is 5.65 Å². The summed E-state index contributed by atoms with van der Waals surface area (Å²) in [5.41, 5.74) is 1.28. The van der Waals surface area contributed by atoms with Crippen LogP contribution >= 0.6 is 0 Å². The summed E-state index contributed by atoms with van der Waals surface area (Å²) in [7, 11) is 3.07. The molecule has 0 fully saturated rings. The van der Waals surface area contributed by atoms with Gasteiger partial charge in [0.25, 0.3) is 5.56 Å². The Morgan fingerprint density at radius 2 is 1.87 bits per heavy atom. The number of aryl methyl sites for hydroxylation is 1. The van der Waals surface area contributed by atoms with E-state index in [2.05, 4.69) is 27.4 Å². The summed E-state index contributed by atoms with van der Waals surface area (Å²) in [5.74, 6) is 0.645. The summed E-state index contributed by atoms with van der Waals surface area (Å²) >= 11 is 0. The van der Waals surface area contributed by atoms with Gasteiger partial charge in [-0.15, -0.1) is 0 Å². The minimum absolute atomic E-state index is 0.355. The van der Waals surface area contributed by atoms with Crippen molar-refractivity contribution in [3.63, 3.8) is 0 Å². The van der Waals surface area contributed by atoms with Crippen LogP contribution in [0.1, 0.15) is 11.4 Å². The molecule has 0 saturated heterocycles. The van der Waals surface area contributed by atoms with Crippen LogP contribution in [0.15, 0.2) is 39.9 Å². The van der Waals surface area contributed by atoms with Gasteiger partial charge in [-0.3, -0.25) is 13.9 Å². The second-order valence-corrected chi connectivity index (χ2v) is 5.50. The molecule has 0 radical (unpaired) electrons. The number of rotatable bonds is 5. The van der Waals surface area contributed by atoms with Crippen molar-refractivity contribution in [2.24, 2.45) is 14.1 Å². The van der Waals surface area contributed by atoms with Crippen LogP contribution in [0.2, 0.25) is 0 Å². The summed E-state index contributed by atoms with van der Waals surface area (Å²) < 4.78 is 2.45. The highest BCUT2D eigenvalue weighted by Crippen LogP contribution is 2.04. The second-order valence-electron chi connectivity index (χ2n) is 5.50. The van der Waals surface area contributed by atoms with Crippen molar-refractivity contribution in [2.75, 3.05) is 6.54 Å². The maximum atomic E-state index is 12.1. The molecule has 0 amide bonds. The first-order chi connectivity index (χ1) is 11.1. The van der Waals surface area contributed by atoms with Crippen LogP contribution < -0.4 is 16.6 Å².